The number of aromatic nitrogens is 6. The van der Waals surface area contributed by atoms with Crippen molar-refractivity contribution < 1.29 is 4.74 Å². The molecule has 7 heteroatoms. The van der Waals surface area contributed by atoms with Gasteiger partial charge in [-0.15, -0.1) is 11.8 Å². The summed E-state index contributed by atoms with van der Waals surface area (Å²) in [6.45, 7) is 6.84. The SMILES string of the molecule is Cc1nc2cnc3ccccc3c2n1CCCCC#CCOCC#CCCCCn1c(C)nc2cnc3ccccc3c21. The fourth-order valence-electron chi connectivity index (χ4n) is 5.70. The summed E-state index contributed by atoms with van der Waals surface area (Å²) >= 11 is 0. The smallest absolute Gasteiger partial charge is 0.109 e. The van der Waals surface area contributed by atoms with Gasteiger partial charge in [0.25, 0.3) is 0 Å². The lowest BCUT2D eigenvalue weighted by Crippen LogP contribution is -2.01. The summed E-state index contributed by atoms with van der Waals surface area (Å²) in [5.74, 6) is 14.8. The van der Waals surface area contributed by atoms with Crippen LogP contribution in [0.5, 0.6) is 0 Å². The summed E-state index contributed by atoms with van der Waals surface area (Å²) in [5.41, 5.74) is 6.29. The number of ether oxygens (including phenoxy) is 1. The minimum atomic E-state index is 0.425. The Morgan fingerprint density at radius 1 is 0.581 bits per heavy atom. The van der Waals surface area contributed by atoms with Crippen LogP contribution in [-0.2, 0) is 17.8 Å². The minimum Gasteiger partial charge on any atom is -0.356 e. The minimum absolute atomic E-state index is 0.425. The molecule has 2 aromatic carbocycles. The number of nitrogens with zero attached hydrogens (tertiary/aromatic N) is 6. The van der Waals surface area contributed by atoms with Crippen molar-refractivity contribution in [2.24, 2.45) is 0 Å². The van der Waals surface area contributed by atoms with Crippen molar-refractivity contribution in [3.63, 3.8) is 0 Å². The van der Waals surface area contributed by atoms with Crippen LogP contribution in [0.2, 0.25) is 0 Å². The van der Waals surface area contributed by atoms with Gasteiger partial charge in [0, 0.05) is 36.7 Å². The highest BCUT2D eigenvalue weighted by molar-refractivity contribution is 6.03. The molecule has 43 heavy (non-hydrogen) atoms. The van der Waals surface area contributed by atoms with E-state index >= 15 is 0 Å². The molecule has 216 valence electrons. The molecule has 4 aromatic heterocycles. The lowest BCUT2D eigenvalue weighted by Gasteiger charge is -2.08. The molecule has 0 radical (unpaired) electrons. The molecule has 7 nitrogen and oxygen atoms in total. The summed E-state index contributed by atoms with van der Waals surface area (Å²) in [6.07, 6.45) is 9.65. The van der Waals surface area contributed by atoms with E-state index in [2.05, 4.69) is 93.0 Å². The largest absolute Gasteiger partial charge is 0.356 e. The standard InChI is InChI=1S/C36H36N6O/c1-27-39-33-25-37-31-19-11-9-17-29(31)35(33)41(27)21-13-5-3-7-15-23-43-24-16-8-4-6-14-22-42-28(2)40-34-26-38-32-20-12-10-18-30(32)36(34)42/h9-12,17-20,25-26H,3-6,13-14,21-24H2,1-2H3. The Kier molecular flexibility index (Phi) is 8.92. The Morgan fingerprint density at radius 3 is 1.53 bits per heavy atom. The molecule has 0 saturated heterocycles. The van der Waals surface area contributed by atoms with Crippen LogP contribution in [0, 0.1) is 37.5 Å². The second-order valence-corrected chi connectivity index (χ2v) is 10.8. The molecule has 0 fully saturated rings. The van der Waals surface area contributed by atoms with Crippen LogP contribution in [0.15, 0.2) is 60.9 Å². The molecule has 0 bridgehead atoms. The first-order chi connectivity index (χ1) is 21.2. The van der Waals surface area contributed by atoms with Crippen LogP contribution in [-0.4, -0.2) is 42.3 Å². The molecule has 0 aliphatic heterocycles. The fraction of sp³-hybridized carbons (Fsp3) is 0.333. The first-order valence-electron chi connectivity index (χ1n) is 15.1. The molecule has 0 aliphatic rings. The lowest BCUT2D eigenvalue weighted by molar-refractivity contribution is 0.204. The molecule has 0 atom stereocenters. The van der Waals surface area contributed by atoms with E-state index in [1.54, 1.807) is 0 Å². The van der Waals surface area contributed by atoms with Gasteiger partial charge in [-0.3, -0.25) is 9.97 Å². The van der Waals surface area contributed by atoms with Crippen molar-refractivity contribution in [3.8, 4) is 23.7 Å². The van der Waals surface area contributed by atoms with Crippen LogP contribution < -0.4 is 0 Å². The van der Waals surface area contributed by atoms with Crippen LogP contribution in [0.1, 0.15) is 50.2 Å². The van der Waals surface area contributed by atoms with Gasteiger partial charge in [0.1, 0.15) is 35.9 Å². The molecule has 0 spiro atoms. The van der Waals surface area contributed by atoms with E-state index in [9.17, 15) is 0 Å². The Labute approximate surface area is 252 Å². The lowest BCUT2D eigenvalue weighted by atomic mass is 10.2. The fourth-order valence-corrected chi connectivity index (χ4v) is 5.70. The van der Waals surface area contributed by atoms with Gasteiger partial charge in [-0.05, 0) is 51.7 Å². The maximum atomic E-state index is 5.59. The highest BCUT2D eigenvalue weighted by Gasteiger charge is 2.12. The second-order valence-electron chi connectivity index (χ2n) is 10.8. The van der Waals surface area contributed by atoms with Gasteiger partial charge in [-0.25, -0.2) is 9.97 Å². The monoisotopic (exact) mass is 568 g/mol. The van der Waals surface area contributed by atoms with Gasteiger partial charge in [-0.2, -0.15) is 0 Å². The summed E-state index contributed by atoms with van der Waals surface area (Å²) < 4.78 is 10.2. The van der Waals surface area contributed by atoms with E-state index in [1.807, 2.05) is 24.5 Å². The number of benzene rings is 2. The highest BCUT2D eigenvalue weighted by atomic mass is 16.5. The Hall–Kier alpha value is -4.72. The number of pyridine rings is 2. The van der Waals surface area contributed by atoms with Gasteiger partial charge >= 0.3 is 0 Å². The predicted octanol–water partition coefficient (Wildman–Crippen LogP) is 7.16. The van der Waals surface area contributed by atoms with Crippen molar-refractivity contribution in [1.29, 1.82) is 0 Å². The zero-order valence-electron chi connectivity index (χ0n) is 24.9. The summed E-state index contributed by atoms with van der Waals surface area (Å²) in [7, 11) is 0. The van der Waals surface area contributed by atoms with Gasteiger partial charge in [-0.1, -0.05) is 48.2 Å². The molecule has 0 saturated carbocycles. The number of imidazole rings is 2. The van der Waals surface area contributed by atoms with Gasteiger partial charge in [0.15, 0.2) is 0 Å². The number of unbranched alkanes of at least 4 members (excludes halogenated alkanes) is 4. The quantitative estimate of drug-likeness (QED) is 0.130. The van der Waals surface area contributed by atoms with Crippen LogP contribution in [0.3, 0.4) is 0 Å². The zero-order chi connectivity index (χ0) is 29.4. The van der Waals surface area contributed by atoms with E-state index in [-0.39, 0.29) is 0 Å². The van der Waals surface area contributed by atoms with E-state index in [1.165, 1.54) is 11.0 Å². The van der Waals surface area contributed by atoms with Crippen LogP contribution >= 0.6 is 0 Å². The third-order valence-electron chi connectivity index (χ3n) is 7.81. The first-order valence-corrected chi connectivity index (χ1v) is 15.1. The Balaban J connectivity index is 0.875. The average Bonchev–Trinajstić information content (AvgIpc) is 3.54. The van der Waals surface area contributed by atoms with Crippen LogP contribution in [0.25, 0.3) is 43.9 Å². The van der Waals surface area contributed by atoms with E-state index in [0.29, 0.717) is 13.2 Å². The van der Waals surface area contributed by atoms with Crippen molar-refractivity contribution >= 4 is 43.9 Å². The normalized spacial score (nSPS) is 11.2. The predicted molar refractivity (Wildman–Crippen MR) is 174 cm³/mol. The second kappa shape index (κ2) is 13.5. The van der Waals surface area contributed by atoms with Crippen molar-refractivity contribution in [3.05, 3.63) is 72.6 Å². The Bertz CT molecular complexity index is 1870. The van der Waals surface area contributed by atoms with Gasteiger partial charge in [0.2, 0.25) is 0 Å². The number of fused-ring (bicyclic) bond motifs is 6. The van der Waals surface area contributed by atoms with Crippen molar-refractivity contribution in [2.75, 3.05) is 13.2 Å². The molecule has 0 N–H and O–H groups in total. The molecule has 0 unspecified atom stereocenters. The summed E-state index contributed by atoms with van der Waals surface area (Å²) in [5, 5.41) is 2.32. The van der Waals surface area contributed by atoms with Gasteiger partial charge < -0.3 is 13.9 Å². The number of para-hydroxylation sites is 2. The first kappa shape index (κ1) is 28.4. The molecular formula is C36H36N6O. The van der Waals surface area contributed by atoms with E-state index in [0.717, 1.165) is 96.1 Å². The molecule has 6 aromatic rings. The maximum absolute atomic E-state index is 5.59. The number of hydrogen-bond acceptors (Lipinski definition) is 5. The van der Waals surface area contributed by atoms with Crippen molar-refractivity contribution in [2.45, 2.75) is 65.5 Å². The molecule has 4 heterocycles. The topological polar surface area (TPSA) is 70.7 Å². The third-order valence-corrected chi connectivity index (χ3v) is 7.81. The summed E-state index contributed by atoms with van der Waals surface area (Å²) in [6, 6.07) is 16.5. The average molecular weight is 569 g/mol. The van der Waals surface area contributed by atoms with E-state index in [4.69, 9.17) is 14.7 Å². The summed E-state index contributed by atoms with van der Waals surface area (Å²) in [4.78, 5) is 18.5. The highest BCUT2D eigenvalue weighted by Crippen LogP contribution is 2.26. The van der Waals surface area contributed by atoms with E-state index < -0.39 is 0 Å². The van der Waals surface area contributed by atoms with Gasteiger partial charge in [0.05, 0.1) is 34.5 Å². The van der Waals surface area contributed by atoms with Crippen LogP contribution in [0.4, 0.5) is 0 Å². The number of hydrogen-bond donors (Lipinski definition) is 0. The Morgan fingerprint density at radius 2 is 1.05 bits per heavy atom. The van der Waals surface area contributed by atoms with Crippen molar-refractivity contribution in [1.82, 2.24) is 29.1 Å². The molecule has 0 aliphatic carbocycles. The maximum Gasteiger partial charge on any atom is 0.109 e. The number of rotatable bonds is 10. The third kappa shape index (κ3) is 6.38. The number of aryl methyl sites for hydroxylation is 4. The molecular weight excluding hydrogens is 532 g/mol. The zero-order valence-corrected chi connectivity index (χ0v) is 24.9. The molecule has 0 amide bonds. The molecule has 6 rings (SSSR count).